The molecule has 2 aromatic rings. The Balaban J connectivity index is 1.74. The van der Waals surface area contributed by atoms with E-state index < -0.39 is 6.04 Å². The van der Waals surface area contributed by atoms with Crippen molar-refractivity contribution in [1.29, 1.82) is 0 Å². The van der Waals surface area contributed by atoms with Crippen LogP contribution in [-0.2, 0) is 16.1 Å². The normalized spacial score (nSPS) is 14.8. The van der Waals surface area contributed by atoms with Gasteiger partial charge in [0.25, 0.3) is 5.91 Å². The molecule has 5 nitrogen and oxygen atoms in total. The summed E-state index contributed by atoms with van der Waals surface area (Å²) in [6, 6.07) is 12.2. The number of carbonyl (C=O) groups is 2. The number of ether oxygens (including phenoxy) is 1. The monoisotopic (exact) mass is 446 g/mol. The van der Waals surface area contributed by atoms with E-state index in [9.17, 15) is 14.0 Å². The van der Waals surface area contributed by atoms with Gasteiger partial charge < -0.3 is 15.0 Å². The molecule has 2 amide bonds. The first-order chi connectivity index (χ1) is 15.0. The Labute approximate surface area is 187 Å². The van der Waals surface area contributed by atoms with Gasteiger partial charge in [-0.05, 0) is 61.2 Å². The van der Waals surface area contributed by atoms with Gasteiger partial charge in [0.2, 0.25) is 5.91 Å². The lowest BCUT2D eigenvalue weighted by Crippen LogP contribution is -2.52. The molecule has 2 aromatic carbocycles. The van der Waals surface area contributed by atoms with Crippen LogP contribution in [-0.4, -0.2) is 35.4 Å². The predicted octanol–water partition coefficient (Wildman–Crippen LogP) is 4.72. The summed E-state index contributed by atoms with van der Waals surface area (Å²) in [6.45, 7) is 1.86. The van der Waals surface area contributed by atoms with Gasteiger partial charge in [0, 0.05) is 17.6 Å². The molecule has 0 aromatic heterocycles. The molecule has 166 valence electrons. The number of carbonyl (C=O) groups excluding carboxylic acids is 2. The van der Waals surface area contributed by atoms with Crippen LogP contribution in [0.4, 0.5) is 4.39 Å². The average Bonchev–Trinajstić information content (AvgIpc) is 3.27. The van der Waals surface area contributed by atoms with Crippen LogP contribution in [0.5, 0.6) is 5.75 Å². The second-order valence-electron chi connectivity index (χ2n) is 7.80. The molecule has 31 heavy (non-hydrogen) atoms. The molecule has 1 saturated carbocycles. The molecule has 0 bridgehead atoms. The summed E-state index contributed by atoms with van der Waals surface area (Å²) in [6.07, 6.45) is 4.61. The zero-order valence-electron chi connectivity index (χ0n) is 17.7. The first-order valence-corrected chi connectivity index (χ1v) is 11.1. The molecule has 1 aliphatic carbocycles. The molecule has 1 aliphatic rings. The maximum Gasteiger partial charge on any atom is 0.261 e. The fourth-order valence-corrected chi connectivity index (χ4v) is 3.96. The van der Waals surface area contributed by atoms with Gasteiger partial charge in [-0.25, -0.2) is 4.39 Å². The van der Waals surface area contributed by atoms with Gasteiger partial charge in [0.1, 0.15) is 17.6 Å². The molecule has 1 fully saturated rings. The molecule has 1 atom stereocenters. The largest absolute Gasteiger partial charge is 0.484 e. The number of hydrogen-bond acceptors (Lipinski definition) is 3. The van der Waals surface area contributed by atoms with Crippen molar-refractivity contribution in [2.24, 2.45) is 0 Å². The average molecular weight is 447 g/mol. The highest BCUT2D eigenvalue weighted by molar-refractivity contribution is 6.30. The minimum atomic E-state index is -0.632. The van der Waals surface area contributed by atoms with Gasteiger partial charge in [-0.15, -0.1) is 0 Å². The number of halogens is 2. The van der Waals surface area contributed by atoms with Crippen LogP contribution < -0.4 is 10.1 Å². The summed E-state index contributed by atoms with van der Waals surface area (Å²) >= 11 is 5.89. The number of benzene rings is 2. The Morgan fingerprint density at radius 3 is 2.39 bits per heavy atom. The maximum atomic E-state index is 13.3. The summed E-state index contributed by atoms with van der Waals surface area (Å²) in [7, 11) is 0. The molecule has 7 heteroatoms. The Bertz CT molecular complexity index is 867. The van der Waals surface area contributed by atoms with Crippen LogP contribution >= 0.6 is 11.6 Å². The molecule has 0 unspecified atom stereocenters. The van der Waals surface area contributed by atoms with Gasteiger partial charge in [0.05, 0.1) is 0 Å². The van der Waals surface area contributed by atoms with Crippen molar-refractivity contribution in [3.05, 3.63) is 64.9 Å². The van der Waals surface area contributed by atoms with Crippen molar-refractivity contribution in [1.82, 2.24) is 10.2 Å². The smallest absolute Gasteiger partial charge is 0.261 e. The fourth-order valence-electron chi connectivity index (χ4n) is 3.83. The van der Waals surface area contributed by atoms with Crippen LogP contribution in [0, 0.1) is 5.82 Å². The molecule has 3 rings (SSSR count). The van der Waals surface area contributed by atoms with E-state index in [4.69, 9.17) is 16.3 Å². The number of hydrogen-bond donors (Lipinski definition) is 1. The SMILES string of the molecule is CC[C@@H](C(=O)NC1CCCC1)N(Cc1ccc(F)cc1)C(=O)COc1ccc(Cl)cc1. The van der Waals surface area contributed by atoms with Crippen LogP contribution in [0.25, 0.3) is 0 Å². The molecule has 0 spiro atoms. The van der Waals surface area contributed by atoms with E-state index in [1.165, 1.54) is 17.0 Å². The van der Waals surface area contributed by atoms with E-state index in [0.29, 0.717) is 17.2 Å². The molecular weight excluding hydrogens is 419 g/mol. The zero-order chi connectivity index (χ0) is 22.2. The lowest BCUT2D eigenvalue weighted by atomic mass is 10.1. The number of amides is 2. The van der Waals surface area contributed by atoms with Crippen molar-refractivity contribution >= 4 is 23.4 Å². The van der Waals surface area contributed by atoms with E-state index in [1.807, 2.05) is 6.92 Å². The number of nitrogens with one attached hydrogen (secondary N) is 1. The fraction of sp³-hybridized carbons (Fsp3) is 0.417. The third-order valence-corrected chi connectivity index (χ3v) is 5.78. The van der Waals surface area contributed by atoms with Gasteiger partial charge in [-0.1, -0.05) is 43.5 Å². The lowest BCUT2D eigenvalue weighted by Gasteiger charge is -2.31. The first kappa shape index (κ1) is 23.1. The summed E-state index contributed by atoms with van der Waals surface area (Å²) < 4.78 is 19.0. The van der Waals surface area contributed by atoms with Crippen molar-refractivity contribution in [3.8, 4) is 5.75 Å². The standard InChI is InChI=1S/C24H28ClFN2O3/c1-2-22(24(30)27-20-5-3-4-6-20)28(15-17-7-11-19(26)12-8-17)23(29)16-31-21-13-9-18(25)10-14-21/h7-14,20,22H,2-6,15-16H2,1H3,(H,27,30)/t22-/m0/s1. The van der Waals surface area contributed by atoms with Crippen molar-refractivity contribution in [2.75, 3.05) is 6.61 Å². The molecule has 0 saturated heterocycles. The first-order valence-electron chi connectivity index (χ1n) is 10.7. The summed E-state index contributed by atoms with van der Waals surface area (Å²) in [5.41, 5.74) is 0.744. The highest BCUT2D eigenvalue weighted by atomic mass is 35.5. The minimum Gasteiger partial charge on any atom is -0.484 e. The highest BCUT2D eigenvalue weighted by Crippen LogP contribution is 2.20. The van der Waals surface area contributed by atoms with E-state index in [-0.39, 0.29) is 36.8 Å². The van der Waals surface area contributed by atoms with E-state index in [2.05, 4.69) is 5.32 Å². The summed E-state index contributed by atoms with van der Waals surface area (Å²) in [5, 5.41) is 3.67. The molecule has 0 aliphatic heterocycles. The van der Waals surface area contributed by atoms with Gasteiger partial charge >= 0.3 is 0 Å². The number of nitrogens with zero attached hydrogens (tertiary/aromatic N) is 1. The maximum absolute atomic E-state index is 13.3. The molecule has 0 radical (unpaired) electrons. The summed E-state index contributed by atoms with van der Waals surface area (Å²) in [5.74, 6) is -0.300. The quantitative estimate of drug-likeness (QED) is 0.606. The second kappa shape index (κ2) is 11.1. The van der Waals surface area contributed by atoms with Crippen LogP contribution in [0.3, 0.4) is 0 Å². The second-order valence-corrected chi connectivity index (χ2v) is 8.24. The Morgan fingerprint density at radius 2 is 1.77 bits per heavy atom. The lowest BCUT2D eigenvalue weighted by molar-refractivity contribution is -0.143. The van der Waals surface area contributed by atoms with Crippen LogP contribution in [0.15, 0.2) is 48.5 Å². The number of rotatable bonds is 9. The summed E-state index contributed by atoms with van der Waals surface area (Å²) in [4.78, 5) is 27.7. The third-order valence-electron chi connectivity index (χ3n) is 5.53. The molecule has 0 heterocycles. The van der Waals surface area contributed by atoms with Crippen molar-refractivity contribution in [3.63, 3.8) is 0 Å². The predicted molar refractivity (Wildman–Crippen MR) is 118 cm³/mol. The van der Waals surface area contributed by atoms with Crippen LogP contribution in [0.1, 0.15) is 44.6 Å². The van der Waals surface area contributed by atoms with Gasteiger partial charge in [-0.3, -0.25) is 9.59 Å². The van der Waals surface area contributed by atoms with E-state index in [0.717, 1.165) is 31.2 Å². The van der Waals surface area contributed by atoms with E-state index >= 15 is 0 Å². The molecule has 1 N–H and O–H groups in total. The molecular formula is C24H28ClFN2O3. The van der Waals surface area contributed by atoms with Gasteiger partial charge in [-0.2, -0.15) is 0 Å². The topological polar surface area (TPSA) is 58.6 Å². The van der Waals surface area contributed by atoms with Gasteiger partial charge in [0.15, 0.2) is 6.61 Å². The van der Waals surface area contributed by atoms with Crippen LogP contribution in [0.2, 0.25) is 5.02 Å². The highest BCUT2D eigenvalue weighted by Gasteiger charge is 2.30. The Morgan fingerprint density at radius 1 is 1.13 bits per heavy atom. The van der Waals surface area contributed by atoms with Crippen molar-refractivity contribution in [2.45, 2.75) is 57.7 Å². The van der Waals surface area contributed by atoms with E-state index in [1.54, 1.807) is 36.4 Å². The zero-order valence-corrected chi connectivity index (χ0v) is 18.4. The minimum absolute atomic E-state index is 0.156. The van der Waals surface area contributed by atoms with Crippen molar-refractivity contribution < 1.29 is 18.7 Å². The Hall–Kier alpha value is -2.60. The Kier molecular flexibility index (Phi) is 8.29. The third kappa shape index (κ3) is 6.69.